The predicted octanol–water partition coefficient (Wildman–Crippen LogP) is -1.01. The first-order chi connectivity index (χ1) is 13.2. The molecule has 0 aromatic carbocycles. The number of aliphatic hydroxyl groups excluding tert-OH is 1. The Balaban J connectivity index is 1.52. The maximum atomic E-state index is 12.5. The van der Waals surface area contributed by atoms with Crippen molar-refractivity contribution in [2.24, 2.45) is 0 Å². The van der Waals surface area contributed by atoms with Crippen molar-refractivity contribution in [2.45, 2.75) is 32.4 Å². The molecule has 9 nitrogen and oxygen atoms in total. The van der Waals surface area contributed by atoms with Gasteiger partial charge in [0.05, 0.1) is 37.8 Å². The summed E-state index contributed by atoms with van der Waals surface area (Å²) in [6.45, 7) is 5.63. The van der Waals surface area contributed by atoms with Crippen LogP contribution in [0.15, 0.2) is 6.07 Å². The van der Waals surface area contributed by atoms with E-state index in [1.54, 1.807) is 0 Å². The van der Waals surface area contributed by atoms with Gasteiger partial charge < -0.3 is 20.1 Å². The van der Waals surface area contributed by atoms with E-state index < -0.39 is 0 Å². The molecule has 2 aliphatic heterocycles. The minimum absolute atomic E-state index is 0.0521. The molecule has 0 unspecified atom stereocenters. The Kier molecular flexibility index (Phi) is 7.19. The van der Waals surface area contributed by atoms with E-state index in [-0.39, 0.29) is 25.0 Å². The molecule has 1 fully saturated rings. The zero-order valence-corrected chi connectivity index (χ0v) is 15.7. The molecule has 0 radical (unpaired) electrons. The van der Waals surface area contributed by atoms with Crippen molar-refractivity contribution in [3.05, 3.63) is 17.5 Å². The van der Waals surface area contributed by atoms with Crippen LogP contribution in [0.4, 0.5) is 0 Å². The number of nitrogens with zero attached hydrogens (tertiary/aromatic N) is 4. The second-order valence-electron chi connectivity index (χ2n) is 6.98. The van der Waals surface area contributed by atoms with E-state index in [2.05, 4.69) is 15.3 Å². The van der Waals surface area contributed by atoms with Crippen molar-refractivity contribution in [3.63, 3.8) is 0 Å². The van der Waals surface area contributed by atoms with Crippen LogP contribution in [-0.4, -0.2) is 89.0 Å². The minimum atomic E-state index is -0.0787. The van der Waals surface area contributed by atoms with Gasteiger partial charge in [0.2, 0.25) is 11.8 Å². The molecule has 0 atom stereocenters. The van der Waals surface area contributed by atoms with Crippen LogP contribution in [0.3, 0.4) is 0 Å². The number of rotatable bonds is 7. The highest BCUT2D eigenvalue weighted by atomic mass is 16.5. The number of aromatic nitrogens is 2. The Labute approximate surface area is 159 Å². The maximum absolute atomic E-state index is 12.5. The van der Waals surface area contributed by atoms with Crippen molar-refractivity contribution >= 4 is 11.8 Å². The highest BCUT2D eigenvalue weighted by Gasteiger charge is 2.22. The third-order valence-corrected chi connectivity index (χ3v) is 4.91. The first-order valence-electron chi connectivity index (χ1n) is 9.67. The van der Waals surface area contributed by atoms with Gasteiger partial charge in [-0.2, -0.15) is 5.10 Å². The van der Waals surface area contributed by atoms with Crippen LogP contribution in [0.25, 0.3) is 0 Å². The van der Waals surface area contributed by atoms with Gasteiger partial charge in [-0.1, -0.05) is 0 Å². The number of carbonyl (C=O) groups is 2. The number of amides is 2. The van der Waals surface area contributed by atoms with Gasteiger partial charge in [-0.25, -0.2) is 0 Å². The van der Waals surface area contributed by atoms with Crippen LogP contribution in [0.1, 0.15) is 24.2 Å². The fourth-order valence-corrected chi connectivity index (χ4v) is 3.47. The molecule has 9 heteroatoms. The van der Waals surface area contributed by atoms with Gasteiger partial charge in [0.1, 0.15) is 0 Å². The zero-order valence-electron chi connectivity index (χ0n) is 15.7. The molecule has 0 bridgehead atoms. The Hall–Kier alpha value is -1.97. The molecular weight excluding hydrogens is 350 g/mol. The lowest BCUT2D eigenvalue weighted by Crippen LogP contribution is -2.45. The zero-order chi connectivity index (χ0) is 19.1. The first-order valence-corrected chi connectivity index (χ1v) is 9.67. The molecular formula is C18H29N5O4. The number of nitrogens with one attached hydrogen (secondary N) is 1. The topological polar surface area (TPSA) is 99.9 Å². The average molecular weight is 379 g/mol. The van der Waals surface area contributed by atoms with Crippen molar-refractivity contribution in [3.8, 4) is 0 Å². The standard InChI is InChI=1S/C18H29N5O4/c24-9-4-19-17(25)3-2-15-12-16-13-21(5-1-6-23(16)20-15)14-18(26)22-7-10-27-11-8-22/h12,24H,1-11,13-14H2,(H,19,25). The summed E-state index contributed by atoms with van der Waals surface area (Å²) in [4.78, 5) is 28.2. The highest BCUT2D eigenvalue weighted by molar-refractivity contribution is 5.78. The summed E-state index contributed by atoms with van der Waals surface area (Å²) < 4.78 is 7.31. The summed E-state index contributed by atoms with van der Waals surface area (Å²) >= 11 is 0. The molecule has 3 heterocycles. The van der Waals surface area contributed by atoms with Crippen molar-refractivity contribution in [1.29, 1.82) is 0 Å². The molecule has 0 saturated carbocycles. The minimum Gasteiger partial charge on any atom is -0.395 e. The summed E-state index contributed by atoms with van der Waals surface area (Å²) in [7, 11) is 0. The lowest BCUT2D eigenvalue weighted by Gasteiger charge is -2.29. The van der Waals surface area contributed by atoms with Crippen LogP contribution < -0.4 is 5.32 Å². The van der Waals surface area contributed by atoms with Gasteiger partial charge in [0.25, 0.3) is 0 Å². The third-order valence-electron chi connectivity index (χ3n) is 4.91. The highest BCUT2D eigenvalue weighted by Crippen LogP contribution is 2.15. The van der Waals surface area contributed by atoms with Gasteiger partial charge in [-0.05, 0) is 12.5 Å². The number of fused-ring (bicyclic) bond motifs is 1. The van der Waals surface area contributed by atoms with Crippen molar-refractivity contribution in [2.75, 3.05) is 52.5 Å². The van der Waals surface area contributed by atoms with Crippen molar-refractivity contribution in [1.82, 2.24) is 24.9 Å². The molecule has 1 aromatic heterocycles. The Bertz CT molecular complexity index is 642. The smallest absolute Gasteiger partial charge is 0.236 e. The fraction of sp³-hybridized carbons (Fsp3) is 0.722. The number of hydrogen-bond donors (Lipinski definition) is 2. The van der Waals surface area contributed by atoms with Crippen LogP contribution in [0, 0.1) is 0 Å². The van der Waals surface area contributed by atoms with Gasteiger partial charge in [-0.15, -0.1) is 0 Å². The van der Waals surface area contributed by atoms with E-state index in [1.807, 2.05) is 15.6 Å². The Morgan fingerprint density at radius 3 is 2.81 bits per heavy atom. The number of hydrogen-bond acceptors (Lipinski definition) is 6. The molecule has 150 valence electrons. The summed E-state index contributed by atoms with van der Waals surface area (Å²) in [5.41, 5.74) is 1.98. The van der Waals surface area contributed by atoms with E-state index in [4.69, 9.17) is 9.84 Å². The van der Waals surface area contributed by atoms with E-state index in [1.165, 1.54) is 0 Å². The lowest BCUT2D eigenvalue weighted by molar-refractivity contribution is -0.136. The maximum Gasteiger partial charge on any atom is 0.236 e. The van der Waals surface area contributed by atoms with Crippen LogP contribution in [0.2, 0.25) is 0 Å². The van der Waals surface area contributed by atoms with E-state index in [9.17, 15) is 9.59 Å². The molecule has 1 saturated heterocycles. The molecule has 1 aromatic rings. The van der Waals surface area contributed by atoms with Gasteiger partial charge in [-0.3, -0.25) is 19.2 Å². The van der Waals surface area contributed by atoms with E-state index in [0.29, 0.717) is 52.2 Å². The van der Waals surface area contributed by atoms with Crippen LogP contribution >= 0.6 is 0 Å². The summed E-state index contributed by atoms with van der Waals surface area (Å²) in [6.07, 6.45) is 1.88. The number of aryl methyl sites for hydroxylation is 2. The molecule has 2 amide bonds. The molecule has 2 N–H and O–H groups in total. The summed E-state index contributed by atoms with van der Waals surface area (Å²) in [5.74, 6) is 0.0806. The van der Waals surface area contributed by atoms with Crippen LogP contribution in [-0.2, 0) is 33.8 Å². The Morgan fingerprint density at radius 1 is 1.22 bits per heavy atom. The molecule has 0 aliphatic carbocycles. The second kappa shape index (κ2) is 9.82. The van der Waals surface area contributed by atoms with Crippen molar-refractivity contribution < 1.29 is 19.4 Å². The van der Waals surface area contributed by atoms with Crippen LogP contribution in [0.5, 0.6) is 0 Å². The molecule has 0 spiro atoms. The SMILES string of the molecule is O=C(CCc1cc2n(n1)CCCN(CC(=O)N1CCOCC1)C2)NCCO. The van der Waals surface area contributed by atoms with E-state index >= 15 is 0 Å². The quantitative estimate of drug-likeness (QED) is 0.630. The molecule has 3 rings (SSSR count). The number of aliphatic hydroxyl groups is 1. The lowest BCUT2D eigenvalue weighted by atomic mass is 10.2. The van der Waals surface area contributed by atoms with E-state index in [0.717, 1.165) is 30.9 Å². The Morgan fingerprint density at radius 2 is 2.04 bits per heavy atom. The first kappa shape index (κ1) is 19.8. The largest absolute Gasteiger partial charge is 0.395 e. The summed E-state index contributed by atoms with van der Waals surface area (Å²) in [5, 5.41) is 16.0. The predicted molar refractivity (Wildman–Crippen MR) is 97.9 cm³/mol. The number of morpholine rings is 1. The second-order valence-corrected chi connectivity index (χ2v) is 6.98. The average Bonchev–Trinajstić information content (AvgIpc) is 2.97. The van der Waals surface area contributed by atoms with Gasteiger partial charge in [0, 0.05) is 52.1 Å². The molecule has 27 heavy (non-hydrogen) atoms. The van der Waals surface area contributed by atoms with Gasteiger partial charge in [0.15, 0.2) is 0 Å². The fourth-order valence-electron chi connectivity index (χ4n) is 3.47. The normalized spacial score (nSPS) is 18.0. The number of carbonyl (C=O) groups excluding carboxylic acids is 2. The third kappa shape index (κ3) is 5.75. The molecule has 2 aliphatic rings. The van der Waals surface area contributed by atoms with Gasteiger partial charge >= 0.3 is 0 Å². The summed E-state index contributed by atoms with van der Waals surface area (Å²) in [6, 6.07) is 2.04. The number of ether oxygens (including phenoxy) is 1. The monoisotopic (exact) mass is 379 g/mol.